The van der Waals surface area contributed by atoms with E-state index in [2.05, 4.69) is 5.32 Å². The van der Waals surface area contributed by atoms with Crippen LogP contribution in [0.2, 0.25) is 0 Å². The van der Waals surface area contributed by atoms with Crippen LogP contribution in [-0.4, -0.2) is 51.4 Å². The van der Waals surface area contributed by atoms with Crippen LogP contribution in [-0.2, 0) is 32.6 Å². The number of nitrogens with zero attached hydrogens (tertiary/aromatic N) is 2. The van der Waals surface area contributed by atoms with E-state index in [1.54, 1.807) is 30.3 Å². The number of sulfonamides is 1. The number of rotatable bonds is 15. The predicted molar refractivity (Wildman–Crippen MR) is 182 cm³/mol. The summed E-state index contributed by atoms with van der Waals surface area (Å²) in [7, 11) is -2.77. The Morgan fingerprint density at radius 1 is 0.826 bits per heavy atom. The van der Waals surface area contributed by atoms with Crippen molar-refractivity contribution in [2.45, 2.75) is 57.5 Å². The number of anilines is 1. The second-order valence-electron chi connectivity index (χ2n) is 11.4. The smallest absolute Gasteiger partial charge is 0.264 e. The summed E-state index contributed by atoms with van der Waals surface area (Å²) in [4.78, 5) is 30.1. The molecule has 0 spiro atoms. The van der Waals surface area contributed by atoms with Crippen molar-refractivity contribution in [3.05, 3.63) is 125 Å². The molecule has 8 nitrogen and oxygen atoms in total. The highest BCUT2D eigenvalue weighted by Gasteiger charge is 2.35. The quantitative estimate of drug-likeness (QED) is 0.159. The third-order valence-corrected chi connectivity index (χ3v) is 9.52. The number of ether oxygens (including phenoxy) is 1. The van der Waals surface area contributed by atoms with Crippen LogP contribution in [0.5, 0.6) is 5.75 Å². The van der Waals surface area contributed by atoms with Gasteiger partial charge in [-0.3, -0.25) is 13.9 Å². The van der Waals surface area contributed by atoms with Crippen molar-refractivity contribution in [3.8, 4) is 5.75 Å². The molecule has 0 aliphatic carbocycles. The highest BCUT2D eigenvalue weighted by atomic mass is 32.2. The summed E-state index contributed by atoms with van der Waals surface area (Å²) in [6.07, 6.45) is 1.96. The van der Waals surface area contributed by atoms with Gasteiger partial charge in [-0.05, 0) is 61.2 Å². The molecule has 0 heterocycles. The van der Waals surface area contributed by atoms with Crippen molar-refractivity contribution in [1.29, 1.82) is 0 Å². The number of aryl methyl sites for hydroxylation is 2. The van der Waals surface area contributed by atoms with Crippen molar-refractivity contribution < 1.29 is 22.7 Å². The molecule has 0 bridgehead atoms. The van der Waals surface area contributed by atoms with Crippen LogP contribution in [0.25, 0.3) is 0 Å². The molecule has 0 aliphatic heterocycles. The molecule has 2 amide bonds. The molecule has 1 atom stereocenters. The van der Waals surface area contributed by atoms with Gasteiger partial charge in [0.1, 0.15) is 18.3 Å². The lowest BCUT2D eigenvalue weighted by Crippen LogP contribution is -2.53. The average Bonchev–Trinajstić information content (AvgIpc) is 3.06. The zero-order chi connectivity index (χ0) is 33.1. The van der Waals surface area contributed by atoms with Crippen molar-refractivity contribution in [3.63, 3.8) is 0 Å². The zero-order valence-corrected chi connectivity index (χ0v) is 27.8. The van der Waals surface area contributed by atoms with Gasteiger partial charge >= 0.3 is 0 Å². The molecule has 0 aromatic heterocycles. The summed E-state index contributed by atoms with van der Waals surface area (Å²) in [6, 6.07) is 29.6. The van der Waals surface area contributed by atoms with Gasteiger partial charge in [0, 0.05) is 19.5 Å². The van der Waals surface area contributed by atoms with Crippen LogP contribution in [0.3, 0.4) is 0 Å². The number of carbonyl (C=O) groups is 2. The van der Waals surface area contributed by atoms with E-state index in [1.165, 1.54) is 24.1 Å². The Bertz CT molecular complexity index is 1710. The number of amides is 2. The Balaban J connectivity index is 1.83. The first-order chi connectivity index (χ1) is 22.1. The maximum absolute atomic E-state index is 14.6. The van der Waals surface area contributed by atoms with E-state index in [9.17, 15) is 18.0 Å². The van der Waals surface area contributed by atoms with Gasteiger partial charge in [0.05, 0.1) is 17.7 Å². The molecular weight excluding hydrogens is 598 g/mol. The molecular formula is C37H43N3O5S. The molecule has 1 N–H and O–H groups in total. The largest absolute Gasteiger partial charge is 0.495 e. The standard InChI is InChI=1S/C37H43N3O5S/c1-5-6-22-38-37(42)34(25-30-15-9-7-10-16-30)39(26-31-17-13-14-28(2)23-31)36(41)27-40(33-24-29(3)20-21-35(33)45-4)46(43,44)32-18-11-8-12-19-32/h7-21,23-24,34H,5-6,22,25-27H2,1-4H3,(H,38,42)/t34-/m0/s1. The molecule has 0 saturated heterocycles. The number of hydrogen-bond acceptors (Lipinski definition) is 5. The summed E-state index contributed by atoms with van der Waals surface area (Å²) >= 11 is 0. The molecule has 4 aromatic rings. The average molecular weight is 642 g/mol. The molecule has 4 aromatic carbocycles. The third kappa shape index (κ3) is 8.75. The highest BCUT2D eigenvalue weighted by Crippen LogP contribution is 2.34. The van der Waals surface area contributed by atoms with Crippen LogP contribution in [0, 0.1) is 13.8 Å². The van der Waals surface area contributed by atoms with Gasteiger partial charge in [-0.15, -0.1) is 0 Å². The van der Waals surface area contributed by atoms with E-state index in [-0.39, 0.29) is 29.5 Å². The minimum absolute atomic E-state index is 0.0368. The summed E-state index contributed by atoms with van der Waals surface area (Å²) in [5, 5.41) is 3.02. The first kappa shape index (κ1) is 34.2. The van der Waals surface area contributed by atoms with E-state index < -0.39 is 28.5 Å². The Morgan fingerprint density at radius 3 is 2.13 bits per heavy atom. The zero-order valence-electron chi connectivity index (χ0n) is 27.0. The fourth-order valence-electron chi connectivity index (χ4n) is 5.30. The minimum atomic E-state index is -4.23. The normalized spacial score (nSPS) is 11.8. The van der Waals surface area contributed by atoms with Crippen molar-refractivity contribution in [1.82, 2.24) is 10.2 Å². The van der Waals surface area contributed by atoms with Crippen LogP contribution in [0.15, 0.2) is 108 Å². The maximum atomic E-state index is 14.6. The Morgan fingerprint density at radius 2 is 1.48 bits per heavy atom. The number of methoxy groups -OCH3 is 1. The van der Waals surface area contributed by atoms with Crippen LogP contribution in [0.1, 0.15) is 42.0 Å². The fraction of sp³-hybridized carbons (Fsp3) is 0.297. The topological polar surface area (TPSA) is 96.0 Å². The second-order valence-corrected chi connectivity index (χ2v) is 13.2. The highest BCUT2D eigenvalue weighted by molar-refractivity contribution is 7.92. The number of benzene rings is 4. The lowest BCUT2D eigenvalue weighted by Gasteiger charge is -2.34. The monoisotopic (exact) mass is 641 g/mol. The summed E-state index contributed by atoms with van der Waals surface area (Å²) in [5.74, 6) is -0.499. The SMILES string of the molecule is CCCCNC(=O)[C@H](Cc1ccccc1)N(Cc1cccc(C)c1)C(=O)CN(c1cc(C)ccc1OC)S(=O)(=O)c1ccccc1. The molecule has 0 saturated carbocycles. The van der Waals surface area contributed by atoms with Gasteiger partial charge < -0.3 is 15.0 Å². The van der Waals surface area contributed by atoms with Gasteiger partial charge in [-0.25, -0.2) is 8.42 Å². The Hall–Kier alpha value is -4.63. The fourth-order valence-corrected chi connectivity index (χ4v) is 6.73. The van der Waals surface area contributed by atoms with E-state index in [1.807, 2.05) is 81.4 Å². The van der Waals surface area contributed by atoms with Crippen LogP contribution >= 0.6 is 0 Å². The molecule has 9 heteroatoms. The first-order valence-electron chi connectivity index (χ1n) is 15.5. The lowest BCUT2D eigenvalue weighted by molar-refractivity contribution is -0.140. The number of nitrogens with one attached hydrogen (secondary N) is 1. The Labute approximate surface area is 273 Å². The van der Waals surface area contributed by atoms with E-state index in [0.29, 0.717) is 12.3 Å². The molecule has 0 fully saturated rings. The van der Waals surface area contributed by atoms with E-state index in [0.717, 1.165) is 39.4 Å². The van der Waals surface area contributed by atoms with Crippen molar-refractivity contribution in [2.75, 3.05) is 24.5 Å². The van der Waals surface area contributed by atoms with Gasteiger partial charge in [-0.1, -0.05) is 97.8 Å². The van der Waals surface area contributed by atoms with Gasteiger partial charge in [0.25, 0.3) is 10.0 Å². The summed E-state index contributed by atoms with van der Waals surface area (Å²) < 4.78 is 35.2. The van der Waals surface area contributed by atoms with Crippen LogP contribution < -0.4 is 14.4 Å². The first-order valence-corrected chi connectivity index (χ1v) is 17.0. The lowest BCUT2D eigenvalue weighted by atomic mass is 10.0. The maximum Gasteiger partial charge on any atom is 0.264 e. The molecule has 46 heavy (non-hydrogen) atoms. The number of carbonyl (C=O) groups excluding carboxylic acids is 2. The van der Waals surface area contributed by atoms with E-state index >= 15 is 0 Å². The Kier molecular flexibility index (Phi) is 12.0. The van der Waals surface area contributed by atoms with Gasteiger partial charge in [0.15, 0.2) is 0 Å². The van der Waals surface area contributed by atoms with Crippen molar-refractivity contribution >= 4 is 27.5 Å². The van der Waals surface area contributed by atoms with Gasteiger partial charge in [0.2, 0.25) is 11.8 Å². The summed E-state index contributed by atoms with van der Waals surface area (Å²) in [5.41, 5.74) is 3.76. The molecule has 242 valence electrons. The second kappa shape index (κ2) is 16.1. The number of unbranched alkanes of at least 4 members (excludes halogenated alkanes) is 1. The minimum Gasteiger partial charge on any atom is -0.495 e. The predicted octanol–water partition coefficient (Wildman–Crippen LogP) is 6.06. The molecule has 4 rings (SSSR count). The molecule has 0 aliphatic rings. The van der Waals surface area contributed by atoms with Gasteiger partial charge in [-0.2, -0.15) is 0 Å². The van der Waals surface area contributed by atoms with Crippen LogP contribution in [0.4, 0.5) is 5.69 Å². The van der Waals surface area contributed by atoms with Crippen molar-refractivity contribution in [2.24, 2.45) is 0 Å². The number of hydrogen-bond donors (Lipinski definition) is 1. The summed E-state index contributed by atoms with van der Waals surface area (Å²) in [6.45, 7) is 5.90. The molecule has 0 unspecified atom stereocenters. The third-order valence-electron chi connectivity index (χ3n) is 7.75. The molecule has 0 radical (unpaired) electrons. The van der Waals surface area contributed by atoms with E-state index in [4.69, 9.17) is 4.74 Å².